The topological polar surface area (TPSA) is 37.4 Å². The van der Waals surface area contributed by atoms with E-state index < -0.39 is 0 Å². The summed E-state index contributed by atoms with van der Waals surface area (Å²) in [6.07, 6.45) is 6.50. The summed E-state index contributed by atoms with van der Waals surface area (Å²) in [4.78, 5) is 25.4. The summed E-state index contributed by atoms with van der Waals surface area (Å²) >= 11 is 0. The molecule has 0 fully saturated rings. The number of aryl methyl sites for hydroxylation is 2. The first-order valence-electron chi connectivity index (χ1n) is 8.44. The van der Waals surface area contributed by atoms with Gasteiger partial charge in [0.05, 0.1) is 6.04 Å². The van der Waals surface area contributed by atoms with Gasteiger partial charge in [-0.1, -0.05) is 48.5 Å². The molecule has 0 saturated carbocycles. The fraction of sp³-hybridized carbons (Fsp3) is 0.238. The predicted molar refractivity (Wildman–Crippen MR) is 92.3 cm³/mol. The number of hydrogen-bond acceptors (Lipinski definition) is 2. The van der Waals surface area contributed by atoms with Crippen molar-refractivity contribution in [2.75, 3.05) is 0 Å². The van der Waals surface area contributed by atoms with E-state index in [9.17, 15) is 9.59 Å². The van der Waals surface area contributed by atoms with Crippen molar-refractivity contribution in [2.24, 2.45) is 0 Å². The second-order valence-electron chi connectivity index (χ2n) is 6.40. The van der Waals surface area contributed by atoms with Crippen LogP contribution in [0, 0.1) is 0 Å². The molecule has 1 heterocycles. The van der Waals surface area contributed by atoms with Crippen molar-refractivity contribution < 1.29 is 9.59 Å². The zero-order valence-corrected chi connectivity index (χ0v) is 13.4. The van der Waals surface area contributed by atoms with Crippen molar-refractivity contribution in [1.29, 1.82) is 0 Å². The highest BCUT2D eigenvalue weighted by molar-refractivity contribution is 6.13. The van der Waals surface area contributed by atoms with Gasteiger partial charge in [0, 0.05) is 12.2 Å². The molecule has 1 aliphatic heterocycles. The minimum Gasteiger partial charge on any atom is -0.269 e. The van der Waals surface area contributed by atoms with Crippen LogP contribution in [0.3, 0.4) is 0 Å². The number of carbonyl (C=O) groups is 2. The van der Waals surface area contributed by atoms with Crippen LogP contribution < -0.4 is 0 Å². The third kappa shape index (κ3) is 2.56. The van der Waals surface area contributed by atoms with Crippen LogP contribution >= 0.6 is 0 Å². The average molecular weight is 317 g/mol. The first-order chi connectivity index (χ1) is 11.7. The Morgan fingerprint density at radius 2 is 1.62 bits per heavy atom. The van der Waals surface area contributed by atoms with Gasteiger partial charge in [0.25, 0.3) is 11.8 Å². The lowest BCUT2D eigenvalue weighted by molar-refractivity contribution is -0.139. The summed E-state index contributed by atoms with van der Waals surface area (Å²) < 4.78 is 0. The zero-order valence-electron chi connectivity index (χ0n) is 13.4. The van der Waals surface area contributed by atoms with Gasteiger partial charge in [0.2, 0.25) is 0 Å². The molecule has 1 aliphatic carbocycles. The first-order valence-corrected chi connectivity index (χ1v) is 8.44. The number of nitrogens with zero attached hydrogens (tertiary/aromatic N) is 1. The second-order valence-corrected chi connectivity index (χ2v) is 6.40. The van der Waals surface area contributed by atoms with Crippen molar-refractivity contribution in [3.8, 4) is 0 Å². The number of amides is 2. The van der Waals surface area contributed by atoms with E-state index in [4.69, 9.17) is 0 Å². The van der Waals surface area contributed by atoms with E-state index in [1.165, 1.54) is 33.7 Å². The van der Waals surface area contributed by atoms with Gasteiger partial charge < -0.3 is 0 Å². The quantitative estimate of drug-likeness (QED) is 0.811. The minimum absolute atomic E-state index is 0.105. The molecule has 2 aromatic rings. The van der Waals surface area contributed by atoms with E-state index in [1.54, 1.807) is 0 Å². The Hall–Kier alpha value is -2.68. The van der Waals surface area contributed by atoms with Gasteiger partial charge >= 0.3 is 0 Å². The van der Waals surface area contributed by atoms with Gasteiger partial charge in [-0.3, -0.25) is 14.5 Å². The van der Waals surface area contributed by atoms with Gasteiger partial charge in [-0.15, -0.1) is 0 Å². The Bertz CT molecular complexity index is 805. The van der Waals surface area contributed by atoms with Crippen molar-refractivity contribution in [1.82, 2.24) is 4.90 Å². The summed E-state index contributed by atoms with van der Waals surface area (Å²) in [5.41, 5.74) is 5.14. The molecule has 0 aromatic heterocycles. The molecule has 0 spiro atoms. The van der Waals surface area contributed by atoms with Gasteiger partial charge in [0.1, 0.15) is 0 Å². The van der Waals surface area contributed by atoms with Crippen LogP contribution in [0.4, 0.5) is 0 Å². The summed E-state index contributed by atoms with van der Waals surface area (Å²) in [6, 6.07) is 16.7. The molecule has 0 unspecified atom stereocenters. The molecule has 3 nitrogen and oxygen atoms in total. The van der Waals surface area contributed by atoms with Gasteiger partial charge in [0.15, 0.2) is 0 Å². The molecule has 120 valence electrons. The number of hydrogen-bond donors (Lipinski definition) is 0. The lowest BCUT2D eigenvalue weighted by Crippen LogP contribution is -2.33. The second kappa shape index (κ2) is 6.08. The number of rotatable bonds is 4. The maximum Gasteiger partial charge on any atom is 0.254 e. The predicted octanol–water partition coefficient (Wildman–Crippen LogP) is 3.38. The highest BCUT2D eigenvalue weighted by Gasteiger charge is 2.36. The molecule has 3 heteroatoms. The summed E-state index contributed by atoms with van der Waals surface area (Å²) in [7, 11) is 0. The Kier molecular flexibility index (Phi) is 3.77. The van der Waals surface area contributed by atoms with Crippen LogP contribution in [0.2, 0.25) is 0 Å². The van der Waals surface area contributed by atoms with Gasteiger partial charge in [-0.05, 0) is 47.9 Å². The first kappa shape index (κ1) is 14.9. The minimum atomic E-state index is -0.187. The van der Waals surface area contributed by atoms with Crippen LogP contribution in [-0.2, 0) is 28.9 Å². The average Bonchev–Trinajstić information content (AvgIpc) is 3.17. The third-order valence-corrected chi connectivity index (χ3v) is 5.02. The molecule has 2 aromatic carbocycles. The number of benzene rings is 2. The maximum absolute atomic E-state index is 12.0. The molecule has 24 heavy (non-hydrogen) atoms. The highest BCUT2D eigenvalue weighted by atomic mass is 16.2. The lowest BCUT2D eigenvalue weighted by atomic mass is 9.96. The van der Waals surface area contributed by atoms with E-state index in [0.29, 0.717) is 0 Å². The highest BCUT2D eigenvalue weighted by Crippen LogP contribution is 2.39. The SMILES string of the molecule is O=C1C=CC(=O)N1[C@H]1CCc2c(CCc3ccccc3)cccc21. The van der Waals surface area contributed by atoms with Crippen molar-refractivity contribution in [3.63, 3.8) is 0 Å². The zero-order chi connectivity index (χ0) is 16.5. The largest absolute Gasteiger partial charge is 0.269 e. The van der Waals surface area contributed by atoms with Crippen LogP contribution in [0.1, 0.15) is 34.7 Å². The molecular formula is C21H19NO2. The third-order valence-electron chi connectivity index (χ3n) is 5.02. The number of fused-ring (bicyclic) bond motifs is 1. The van der Waals surface area contributed by atoms with E-state index in [-0.39, 0.29) is 17.9 Å². The van der Waals surface area contributed by atoms with Crippen LogP contribution in [-0.4, -0.2) is 16.7 Å². The molecule has 2 aliphatic rings. The molecule has 0 N–H and O–H groups in total. The maximum atomic E-state index is 12.0. The Labute approximate surface area is 141 Å². The molecule has 2 amide bonds. The molecule has 4 rings (SSSR count). The van der Waals surface area contributed by atoms with Crippen molar-refractivity contribution >= 4 is 11.8 Å². The number of imide groups is 1. The molecule has 0 radical (unpaired) electrons. The van der Waals surface area contributed by atoms with Crippen LogP contribution in [0.15, 0.2) is 60.7 Å². The van der Waals surface area contributed by atoms with E-state index >= 15 is 0 Å². The molecule has 1 atom stereocenters. The van der Waals surface area contributed by atoms with Crippen LogP contribution in [0.5, 0.6) is 0 Å². The van der Waals surface area contributed by atoms with Crippen molar-refractivity contribution in [2.45, 2.75) is 31.7 Å². The molecule has 0 bridgehead atoms. The van der Waals surface area contributed by atoms with Gasteiger partial charge in [-0.25, -0.2) is 0 Å². The van der Waals surface area contributed by atoms with E-state index in [1.807, 2.05) is 6.07 Å². The summed E-state index contributed by atoms with van der Waals surface area (Å²) in [5, 5.41) is 0. The van der Waals surface area contributed by atoms with Crippen LogP contribution in [0.25, 0.3) is 0 Å². The van der Waals surface area contributed by atoms with Gasteiger partial charge in [-0.2, -0.15) is 0 Å². The fourth-order valence-corrected chi connectivity index (χ4v) is 3.85. The Morgan fingerprint density at radius 3 is 2.38 bits per heavy atom. The summed E-state index contributed by atoms with van der Waals surface area (Å²) in [5.74, 6) is -0.375. The van der Waals surface area contributed by atoms with E-state index in [0.717, 1.165) is 31.2 Å². The smallest absolute Gasteiger partial charge is 0.254 e. The standard InChI is InChI=1S/C21H19NO2/c23-20-13-14-21(24)22(20)19-12-11-17-16(7-4-8-18(17)19)10-9-15-5-2-1-3-6-15/h1-8,13-14,19H,9-12H2/t19-/m0/s1. The number of carbonyl (C=O) groups excluding carboxylic acids is 2. The Morgan fingerprint density at radius 1 is 0.875 bits per heavy atom. The van der Waals surface area contributed by atoms with E-state index in [2.05, 4.69) is 42.5 Å². The molecular weight excluding hydrogens is 298 g/mol. The molecule has 0 saturated heterocycles. The normalized spacial score (nSPS) is 19.2. The lowest BCUT2D eigenvalue weighted by Gasteiger charge is -2.23. The van der Waals surface area contributed by atoms with Crippen molar-refractivity contribution in [3.05, 3.63) is 82.9 Å². The monoisotopic (exact) mass is 317 g/mol. The summed E-state index contributed by atoms with van der Waals surface area (Å²) in [6.45, 7) is 0. The fourth-order valence-electron chi connectivity index (χ4n) is 3.85. The Balaban J connectivity index is 1.57.